The Labute approximate surface area is 314 Å². The molecule has 7 rings (SSSR count). The molecule has 14 heteroatoms. The van der Waals surface area contributed by atoms with E-state index < -0.39 is 24.3 Å². The zero-order chi connectivity index (χ0) is 37.9. The molecule has 284 valence electrons. The molecular formula is C40H48N8O6. The van der Waals surface area contributed by atoms with Gasteiger partial charge < -0.3 is 39.9 Å². The van der Waals surface area contributed by atoms with Crippen molar-refractivity contribution in [1.82, 2.24) is 40.4 Å². The molecule has 3 fully saturated rings. The predicted molar refractivity (Wildman–Crippen MR) is 201 cm³/mol. The standard InChI is InChI=1S/C40H48N8O6/c1-23(2)34(46-40(52)54-4)38(50)47-20-6-9-32(47)35-41-21-30(43-35)26-14-10-24(11-15-26)25-12-16-27(17-13-25)31-22-42-36(44-31)33-19-18-28-7-5-8-29(37(49)48(28)33)45-39(51)53-3/h10-17,21-23,28-29,32-34H,5-9,18-20H2,1-4H3,(H,41,43)(H,42,44)(H,45,51)(H,46,52). The minimum absolute atomic E-state index is 0.0785. The van der Waals surface area contributed by atoms with Crippen molar-refractivity contribution in [3.8, 4) is 33.6 Å². The van der Waals surface area contributed by atoms with E-state index in [1.165, 1.54) is 14.2 Å². The summed E-state index contributed by atoms with van der Waals surface area (Å²) in [5.74, 6) is 1.16. The smallest absolute Gasteiger partial charge is 0.407 e. The van der Waals surface area contributed by atoms with Gasteiger partial charge in [-0.3, -0.25) is 9.59 Å². The first-order valence-electron chi connectivity index (χ1n) is 18.8. The largest absolute Gasteiger partial charge is 0.453 e. The SMILES string of the molecule is COC(=O)NC1CCCC2CCC(c3ncc(-c4ccc(-c5ccc(-c6cnc(C7CCCN7C(=O)C(NC(=O)OC)C(C)C)[nH]6)cc5)cc4)[nH]3)N2C1=O. The molecule has 0 spiro atoms. The summed E-state index contributed by atoms with van der Waals surface area (Å²) < 4.78 is 9.51. The predicted octanol–water partition coefficient (Wildman–Crippen LogP) is 6.12. The maximum absolute atomic E-state index is 13.6. The summed E-state index contributed by atoms with van der Waals surface area (Å²) in [4.78, 5) is 71.0. The Morgan fingerprint density at radius 3 is 1.89 bits per heavy atom. The number of alkyl carbamates (subject to hydrolysis) is 2. The third-order valence-electron chi connectivity index (χ3n) is 11.0. The summed E-state index contributed by atoms with van der Waals surface area (Å²) in [7, 11) is 2.59. The van der Waals surface area contributed by atoms with Gasteiger partial charge in [-0.15, -0.1) is 0 Å². The lowest BCUT2D eigenvalue weighted by atomic mass is 10.0. The number of methoxy groups -OCH3 is 2. The fourth-order valence-electron chi connectivity index (χ4n) is 8.15. The molecule has 5 atom stereocenters. The Morgan fingerprint density at radius 1 is 0.741 bits per heavy atom. The summed E-state index contributed by atoms with van der Waals surface area (Å²) in [5, 5.41) is 5.41. The first-order valence-corrected chi connectivity index (χ1v) is 18.8. The second-order valence-corrected chi connectivity index (χ2v) is 14.7. The number of aromatic nitrogens is 4. The number of nitrogens with one attached hydrogen (secondary N) is 4. The molecule has 3 saturated heterocycles. The van der Waals surface area contributed by atoms with Crippen molar-refractivity contribution in [2.45, 2.75) is 89.0 Å². The van der Waals surface area contributed by atoms with E-state index >= 15 is 0 Å². The Hall–Kier alpha value is -5.66. The molecule has 54 heavy (non-hydrogen) atoms. The van der Waals surface area contributed by atoms with Crippen molar-refractivity contribution in [2.24, 2.45) is 5.92 Å². The summed E-state index contributed by atoms with van der Waals surface area (Å²) in [6, 6.07) is 15.0. The fourth-order valence-corrected chi connectivity index (χ4v) is 8.15. The monoisotopic (exact) mass is 736 g/mol. The molecule has 2 aromatic carbocycles. The number of carbonyl (C=O) groups is 4. The van der Waals surface area contributed by atoms with Crippen LogP contribution in [0.15, 0.2) is 60.9 Å². The molecular weight excluding hydrogens is 688 g/mol. The molecule has 0 radical (unpaired) electrons. The summed E-state index contributed by atoms with van der Waals surface area (Å²) in [5.41, 5.74) is 5.83. The fraction of sp³-hybridized carbons (Fsp3) is 0.450. The van der Waals surface area contributed by atoms with Gasteiger partial charge in [0.15, 0.2) is 0 Å². The lowest BCUT2D eigenvalue weighted by Crippen LogP contribution is -2.51. The number of aromatic amines is 2. The van der Waals surface area contributed by atoms with Gasteiger partial charge in [0.2, 0.25) is 11.8 Å². The van der Waals surface area contributed by atoms with Gasteiger partial charge >= 0.3 is 12.2 Å². The van der Waals surface area contributed by atoms with E-state index in [9.17, 15) is 19.2 Å². The van der Waals surface area contributed by atoms with Crippen LogP contribution in [0.2, 0.25) is 0 Å². The topological polar surface area (TPSA) is 175 Å². The number of imidazole rings is 2. The molecule has 0 aliphatic carbocycles. The number of hydrogen-bond acceptors (Lipinski definition) is 8. The van der Waals surface area contributed by atoms with Crippen LogP contribution in [0.5, 0.6) is 0 Å². The number of carbonyl (C=O) groups excluding carboxylic acids is 4. The number of rotatable bonds is 9. The van der Waals surface area contributed by atoms with Crippen molar-refractivity contribution in [3.05, 3.63) is 72.6 Å². The minimum atomic E-state index is -0.685. The van der Waals surface area contributed by atoms with Crippen LogP contribution in [-0.4, -0.2) is 92.6 Å². The van der Waals surface area contributed by atoms with Gasteiger partial charge in [0.25, 0.3) is 0 Å². The van der Waals surface area contributed by atoms with Crippen LogP contribution in [0.1, 0.15) is 82.5 Å². The van der Waals surface area contributed by atoms with Crippen LogP contribution in [0.3, 0.4) is 0 Å². The van der Waals surface area contributed by atoms with E-state index in [0.29, 0.717) is 13.0 Å². The molecule has 2 aromatic heterocycles. The number of H-pyrrole nitrogens is 2. The maximum atomic E-state index is 13.6. The quantitative estimate of drug-likeness (QED) is 0.159. The van der Waals surface area contributed by atoms with E-state index in [1.807, 2.05) is 29.8 Å². The lowest BCUT2D eigenvalue weighted by Gasteiger charge is -2.30. The molecule has 0 saturated carbocycles. The summed E-state index contributed by atoms with van der Waals surface area (Å²) in [6.07, 6.45) is 8.12. The van der Waals surface area contributed by atoms with Gasteiger partial charge in [0, 0.05) is 12.6 Å². The first kappa shape index (κ1) is 36.7. The zero-order valence-corrected chi connectivity index (χ0v) is 31.1. The molecule has 5 unspecified atom stereocenters. The highest BCUT2D eigenvalue weighted by Crippen LogP contribution is 2.40. The molecule has 5 heterocycles. The average Bonchev–Trinajstić information content (AvgIpc) is 4.02. The molecule has 4 amide bonds. The van der Waals surface area contributed by atoms with E-state index in [0.717, 1.165) is 83.8 Å². The molecule has 3 aliphatic rings. The van der Waals surface area contributed by atoms with Crippen molar-refractivity contribution >= 4 is 24.0 Å². The Morgan fingerprint density at radius 2 is 1.31 bits per heavy atom. The second-order valence-electron chi connectivity index (χ2n) is 14.7. The number of amides is 4. The minimum Gasteiger partial charge on any atom is -0.453 e. The van der Waals surface area contributed by atoms with Gasteiger partial charge in [-0.1, -0.05) is 62.4 Å². The Kier molecular flexibility index (Phi) is 10.7. The van der Waals surface area contributed by atoms with Gasteiger partial charge in [0.05, 0.1) is 50.1 Å². The van der Waals surface area contributed by atoms with Crippen LogP contribution in [0.4, 0.5) is 9.59 Å². The third-order valence-corrected chi connectivity index (χ3v) is 11.0. The van der Waals surface area contributed by atoms with Crippen LogP contribution >= 0.6 is 0 Å². The van der Waals surface area contributed by atoms with E-state index in [1.54, 1.807) is 6.20 Å². The molecule has 3 aliphatic heterocycles. The molecule has 0 bridgehead atoms. The normalized spacial score (nSPS) is 21.8. The van der Waals surface area contributed by atoms with E-state index in [-0.39, 0.29) is 35.9 Å². The molecule has 4 N–H and O–H groups in total. The van der Waals surface area contributed by atoms with Crippen molar-refractivity contribution in [1.29, 1.82) is 0 Å². The van der Waals surface area contributed by atoms with Crippen molar-refractivity contribution < 1.29 is 28.7 Å². The summed E-state index contributed by atoms with van der Waals surface area (Å²) in [6.45, 7) is 4.40. The highest BCUT2D eigenvalue weighted by atomic mass is 16.5. The Bertz CT molecular complexity index is 1970. The Balaban J connectivity index is 1.01. The molecule has 14 nitrogen and oxygen atoms in total. The van der Waals surface area contributed by atoms with Gasteiger partial charge in [-0.25, -0.2) is 19.6 Å². The maximum Gasteiger partial charge on any atom is 0.407 e. The van der Waals surface area contributed by atoms with Gasteiger partial charge in [-0.2, -0.15) is 0 Å². The number of ether oxygens (including phenoxy) is 2. The number of benzene rings is 2. The van der Waals surface area contributed by atoms with E-state index in [2.05, 4.69) is 74.1 Å². The zero-order valence-electron chi connectivity index (χ0n) is 31.1. The highest BCUT2D eigenvalue weighted by Gasteiger charge is 2.44. The average molecular weight is 737 g/mol. The summed E-state index contributed by atoms with van der Waals surface area (Å²) >= 11 is 0. The number of likely N-dealkylation sites (tertiary alicyclic amines) is 1. The third kappa shape index (κ3) is 7.42. The van der Waals surface area contributed by atoms with Crippen LogP contribution < -0.4 is 10.6 Å². The highest BCUT2D eigenvalue weighted by molar-refractivity contribution is 5.87. The van der Waals surface area contributed by atoms with Gasteiger partial charge in [-0.05, 0) is 73.1 Å². The number of fused-ring (bicyclic) bond motifs is 1. The van der Waals surface area contributed by atoms with Crippen LogP contribution in [-0.2, 0) is 19.1 Å². The number of hydrogen-bond donors (Lipinski definition) is 4. The second kappa shape index (κ2) is 15.7. The lowest BCUT2D eigenvalue weighted by molar-refractivity contribution is -0.136. The van der Waals surface area contributed by atoms with Crippen molar-refractivity contribution in [3.63, 3.8) is 0 Å². The van der Waals surface area contributed by atoms with E-state index in [4.69, 9.17) is 14.5 Å². The van der Waals surface area contributed by atoms with Crippen LogP contribution in [0.25, 0.3) is 33.6 Å². The first-order chi connectivity index (χ1) is 26.1. The molecule has 4 aromatic rings. The van der Waals surface area contributed by atoms with Crippen molar-refractivity contribution in [2.75, 3.05) is 20.8 Å². The number of nitrogens with zero attached hydrogens (tertiary/aromatic N) is 4. The van der Waals surface area contributed by atoms with Gasteiger partial charge in [0.1, 0.15) is 23.7 Å². The van der Waals surface area contributed by atoms with Crippen LogP contribution in [0, 0.1) is 5.92 Å².